The molecule has 0 N–H and O–H groups in total. The topological polar surface area (TPSA) is 61.8 Å². The Balaban J connectivity index is 2.49. The van der Waals surface area contributed by atoms with Crippen LogP contribution in [0.25, 0.3) is 0 Å². The highest BCUT2D eigenvalue weighted by molar-refractivity contribution is 5.00. The van der Waals surface area contributed by atoms with Crippen LogP contribution in [0.5, 0.6) is 0 Å². The highest BCUT2D eigenvalue weighted by Crippen LogP contribution is 1.96. The van der Waals surface area contributed by atoms with Gasteiger partial charge in [-0.15, -0.1) is 0 Å². The number of aryl methyl sites for hydroxylation is 2. The molecule has 17 heavy (non-hydrogen) atoms. The fourth-order valence-electron chi connectivity index (χ4n) is 1.64. The summed E-state index contributed by atoms with van der Waals surface area (Å²) in [5.41, 5.74) is 0.236. The molecule has 0 saturated carbocycles. The number of imidazole rings is 1. The van der Waals surface area contributed by atoms with E-state index in [-0.39, 0.29) is 17.8 Å². The third-order valence-electron chi connectivity index (χ3n) is 2.72. The molecule has 0 saturated heterocycles. The van der Waals surface area contributed by atoms with Crippen LogP contribution in [0.15, 0.2) is 34.4 Å². The van der Waals surface area contributed by atoms with Crippen LogP contribution in [0.1, 0.15) is 12.6 Å². The number of aromatic nitrogens is 4. The second-order valence-electron chi connectivity index (χ2n) is 3.80. The lowest BCUT2D eigenvalue weighted by atomic mass is 10.4. The van der Waals surface area contributed by atoms with E-state index >= 15 is 0 Å². The Hall–Kier alpha value is -2.11. The van der Waals surface area contributed by atoms with E-state index in [1.165, 1.54) is 21.4 Å². The Morgan fingerprint density at radius 3 is 2.71 bits per heavy atom. The van der Waals surface area contributed by atoms with Gasteiger partial charge in [0.1, 0.15) is 0 Å². The fraction of sp³-hybridized carbons (Fsp3) is 0.364. The Bertz CT molecular complexity index is 635. The summed E-state index contributed by atoms with van der Waals surface area (Å²) in [6.45, 7) is 2.65. The summed E-state index contributed by atoms with van der Waals surface area (Å²) in [6.07, 6.45) is 4.81. The number of hydrogen-bond donors (Lipinski definition) is 0. The molecule has 0 radical (unpaired) electrons. The van der Waals surface area contributed by atoms with Crippen LogP contribution < -0.4 is 11.2 Å². The van der Waals surface area contributed by atoms with Gasteiger partial charge in [0.15, 0.2) is 0 Å². The summed E-state index contributed by atoms with van der Waals surface area (Å²) in [4.78, 5) is 27.6. The van der Waals surface area contributed by atoms with Gasteiger partial charge in [-0.3, -0.25) is 9.36 Å². The summed E-state index contributed by atoms with van der Waals surface area (Å²) in [6, 6.07) is 1.40. The molecule has 0 atom stereocenters. The molecule has 6 nitrogen and oxygen atoms in total. The number of rotatable bonds is 3. The van der Waals surface area contributed by atoms with Gasteiger partial charge < -0.3 is 9.13 Å². The van der Waals surface area contributed by atoms with E-state index < -0.39 is 0 Å². The average molecular weight is 234 g/mol. The number of nitrogens with zero attached hydrogens (tertiary/aromatic N) is 4. The molecular formula is C11H14N4O2. The quantitative estimate of drug-likeness (QED) is 0.739. The normalized spacial score (nSPS) is 10.7. The minimum Gasteiger partial charge on any atom is -0.336 e. The van der Waals surface area contributed by atoms with E-state index in [1.54, 1.807) is 17.1 Å². The predicted molar refractivity (Wildman–Crippen MR) is 62.9 cm³/mol. The highest BCUT2D eigenvalue weighted by Gasteiger charge is 2.06. The molecule has 2 rings (SSSR count). The number of hydrogen-bond acceptors (Lipinski definition) is 3. The van der Waals surface area contributed by atoms with Crippen molar-refractivity contribution in [2.24, 2.45) is 7.05 Å². The Morgan fingerprint density at radius 1 is 1.35 bits per heavy atom. The van der Waals surface area contributed by atoms with Crippen molar-refractivity contribution in [1.82, 2.24) is 18.7 Å². The maximum atomic E-state index is 12.0. The molecule has 2 heterocycles. The van der Waals surface area contributed by atoms with Crippen LogP contribution in [0, 0.1) is 0 Å². The maximum Gasteiger partial charge on any atom is 0.331 e. The molecule has 0 aliphatic carbocycles. The van der Waals surface area contributed by atoms with Crippen molar-refractivity contribution >= 4 is 0 Å². The van der Waals surface area contributed by atoms with Crippen LogP contribution in [0.3, 0.4) is 0 Å². The van der Waals surface area contributed by atoms with Crippen molar-refractivity contribution in [3.63, 3.8) is 0 Å². The highest BCUT2D eigenvalue weighted by atomic mass is 16.2. The lowest BCUT2D eigenvalue weighted by Crippen LogP contribution is -2.39. The monoisotopic (exact) mass is 234 g/mol. The molecule has 0 fully saturated rings. The maximum absolute atomic E-state index is 12.0. The molecule has 90 valence electrons. The zero-order valence-corrected chi connectivity index (χ0v) is 9.83. The van der Waals surface area contributed by atoms with Gasteiger partial charge in [-0.05, 0) is 6.92 Å². The zero-order valence-electron chi connectivity index (χ0n) is 9.83. The summed E-state index contributed by atoms with van der Waals surface area (Å²) in [5, 5.41) is 0. The molecule has 0 amide bonds. The predicted octanol–water partition coefficient (Wildman–Crippen LogP) is -0.188. The van der Waals surface area contributed by atoms with Gasteiger partial charge in [-0.1, -0.05) is 0 Å². The van der Waals surface area contributed by atoms with Gasteiger partial charge in [-0.25, -0.2) is 9.78 Å². The smallest absolute Gasteiger partial charge is 0.331 e. The van der Waals surface area contributed by atoms with E-state index in [1.807, 2.05) is 14.0 Å². The van der Waals surface area contributed by atoms with E-state index in [2.05, 4.69) is 4.98 Å². The van der Waals surface area contributed by atoms with Crippen molar-refractivity contribution in [3.8, 4) is 0 Å². The fourth-order valence-corrected chi connectivity index (χ4v) is 1.64. The van der Waals surface area contributed by atoms with E-state index in [0.717, 1.165) is 5.69 Å². The van der Waals surface area contributed by atoms with Gasteiger partial charge >= 0.3 is 5.69 Å². The van der Waals surface area contributed by atoms with E-state index in [0.29, 0.717) is 6.54 Å². The molecule has 2 aromatic rings. The van der Waals surface area contributed by atoms with Gasteiger partial charge in [0.05, 0.1) is 18.6 Å². The molecule has 0 spiro atoms. The van der Waals surface area contributed by atoms with Crippen molar-refractivity contribution in [1.29, 1.82) is 0 Å². The van der Waals surface area contributed by atoms with Crippen LogP contribution in [0.2, 0.25) is 0 Å². The first-order valence-corrected chi connectivity index (χ1v) is 5.39. The van der Waals surface area contributed by atoms with Crippen LogP contribution in [-0.4, -0.2) is 18.7 Å². The standard InChI is InChI=1S/C11H14N4O2/c1-3-14-5-4-10(16)15(11(14)17)7-9-6-12-8-13(9)2/h4-6,8H,3,7H2,1-2H3. The van der Waals surface area contributed by atoms with Crippen LogP contribution >= 0.6 is 0 Å². The van der Waals surface area contributed by atoms with Gasteiger partial charge in [0.25, 0.3) is 5.56 Å². The minimum atomic E-state index is -0.291. The lowest BCUT2D eigenvalue weighted by Gasteiger charge is -2.08. The Morgan fingerprint density at radius 2 is 2.12 bits per heavy atom. The largest absolute Gasteiger partial charge is 0.336 e. The second kappa shape index (κ2) is 4.40. The van der Waals surface area contributed by atoms with Gasteiger partial charge in [0, 0.05) is 32.1 Å². The summed E-state index contributed by atoms with van der Waals surface area (Å²) in [5.74, 6) is 0. The zero-order chi connectivity index (χ0) is 12.4. The molecule has 6 heteroatoms. The van der Waals surface area contributed by atoms with E-state index in [9.17, 15) is 9.59 Å². The molecule has 0 aliphatic heterocycles. The Labute approximate surface area is 97.8 Å². The van der Waals surface area contributed by atoms with Crippen molar-refractivity contribution in [2.75, 3.05) is 0 Å². The van der Waals surface area contributed by atoms with Gasteiger partial charge in [-0.2, -0.15) is 0 Å². The third-order valence-corrected chi connectivity index (χ3v) is 2.72. The first-order valence-electron chi connectivity index (χ1n) is 5.39. The summed E-state index contributed by atoms with van der Waals surface area (Å²) >= 11 is 0. The Kier molecular flexibility index (Phi) is 2.95. The van der Waals surface area contributed by atoms with Gasteiger partial charge in [0.2, 0.25) is 0 Å². The van der Waals surface area contributed by atoms with E-state index in [4.69, 9.17) is 0 Å². The molecular weight excluding hydrogens is 220 g/mol. The summed E-state index contributed by atoms with van der Waals surface area (Å²) in [7, 11) is 1.83. The molecule has 0 bridgehead atoms. The van der Waals surface area contributed by atoms with Crippen LogP contribution in [0.4, 0.5) is 0 Å². The van der Waals surface area contributed by atoms with Crippen LogP contribution in [-0.2, 0) is 20.1 Å². The van der Waals surface area contributed by atoms with Crippen molar-refractivity contribution in [3.05, 3.63) is 51.3 Å². The van der Waals surface area contributed by atoms with Crippen molar-refractivity contribution in [2.45, 2.75) is 20.0 Å². The molecule has 0 aromatic carbocycles. The first-order chi connectivity index (χ1) is 8.13. The molecule has 2 aromatic heterocycles. The summed E-state index contributed by atoms with van der Waals surface area (Å²) < 4.78 is 4.49. The minimum absolute atomic E-state index is 0.245. The molecule has 0 aliphatic rings. The first kappa shape index (κ1) is 11.4. The molecule has 0 unspecified atom stereocenters. The third kappa shape index (κ3) is 2.06. The second-order valence-corrected chi connectivity index (χ2v) is 3.80. The SMILES string of the molecule is CCn1ccc(=O)n(Cc2cncn2C)c1=O. The van der Waals surface area contributed by atoms with Crippen molar-refractivity contribution < 1.29 is 0 Å². The average Bonchev–Trinajstić information content (AvgIpc) is 2.70. The lowest BCUT2D eigenvalue weighted by molar-refractivity contribution is 0.586.